The molecule has 4 N–H and O–H groups in total. The predicted octanol–water partition coefficient (Wildman–Crippen LogP) is 2.46. The number of nitrogens with zero attached hydrogens (tertiary/aromatic N) is 3. The van der Waals surface area contributed by atoms with Crippen LogP contribution in [0.5, 0.6) is 0 Å². The third kappa shape index (κ3) is 4.60. The molecule has 0 spiro atoms. The summed E-state index contributed by atoms with van der Waals surface area (Å²) in [7, 11) is 0. The van der Waals surface area contributed by atoms with Crippen molar-refractivity contribution >= 4 is 23.7 Å². The number of allylic oxidation sites excluding steroid dienone is 1. The zero-order valence-electron chi connectivity index (χ0n) is 17.5. The van der Waals surface area contributed by atoms with Gasteiger partial charge < -0.3 is 21.3 Å². The molecule has 0 aromatic heterocycles. The first-order valence-electron chi connectivity index (χ1n) is 10.3. The first-order chi connectivity index (χ1) is 14.9. The topological polar surface area (TPSA) is 105 Å². The number of alkyl halides is 2. The Morgan fingerprint density at radius 2 is 2.16 bits per heavy atom. The van der Waals surface area contributed by atoms with Crippen LogP contribution in [0.25, 0.3) is 5.70 Å². The minimum atomic E-state index is -2.71. The highest BCUT2D eigenvalue weighted by Gasteiger charge is 2.34. The fourth-order valence-corrected chi connectivity index (χ4v) is 4.15. The first kappa shape index (κ1) is 21.0. The highest BCUT2D eigenvalue weighted by Crippen LogP contribution is 2.31. The monoisotopic (exact) mass is 428 g/mol. The zero-order chi connectivity index (χ0) is 22.1. The molecule has 1 saturated heterocycles. The lowest BCUT2D eigenvalue weighted by atomic mass is 9.83. The minimum absolute atomic E-state index is 0.0567. The average molecular weight is 428 g/mol. The number of aryl methyl sites for hydroxylation is 1. The summed E-state index contributed by atoms with van der Waals surface area (Å²) < 4.78 is 26.8. The SMILES string of the molecule is Cc1cc(C(=O)N2CC[C@@H](C)[C@H](C3=CC(C(F)F)=NC(/N=C\N)N3)C2)cc(C2=CN2)c1. The molecule has 7 nitrogen and oxygen atoms in total. The molecule has 0 saturated carbocycles. The zero-order valence-corrected chi connectivity index (χ0v) is 17.5. The van der Waals surface area contributed by atoms with Gasteiger partial charge in [-0.15, -0.1) is 0 Å². The molecule has 1 unspecified atom stereocenters. The Morgan fingerprint density at radius 3 is 2.84 bits per heavy atom. The van der Waals surface area contributed by atoms with E-state index in [9.17, 15) is 13.6 Å². The summed E-state index contributed by atoms with van der Waals surface area (Å²) in [6.45, 7) is 5.08. The molecule has 164 valence electrons. The van der Waals surface area contributed by atoms with Gasteiger partial charge in [-0.3, -0.25) is 4.79 Å². The lowest BCUT2D eigenvalue weighted by Crippen LogP contribution is -2.47. The molecule has 1 aromatic carbocycles. The van der Waals surface area contributed by atoms with Crippen LogP contribution in [0.2, 0.25) is 0 Å². The molecule has 3 aliphatic heterocycles. The van der Waals surface area contributed by atoms with Crippen molar-refractivity contribution in [3.05, 3.63) is 52.9 Å². The van der Waals surface area contributed by atoms with Gasteiger partial charge in [0.25, 0.3) is 12.3 Å². The first-order valence-corrected chi connectivity index (χ1v) is 10.3. The molecule has 0 bridgehead atoms. The molecule has 3 heterocycles. The molecular weight excluding hydrogens is 402 g/mol. The summed E-state index contributed by atoms with van der Waals surface area (Å²) in [5.41, 5.74) is 9.27. The molecule has 3 atom stereocenters. The molecule has 4 rings (SSSR count). The van der Waals surface area contributed by atoms with Gasteiger partial charge in [-0.05, 0) is 49.1 Å². The van der Waals surface area contributed by atoms with Gasteiger partial charge in [-0.25, -0.2) is 18.8 Å². The van der Waals surface area contributed by atoms with Crippen molar-refractivity contribution in [1.82, 2.24) is 15.5 Å². The maximum atomic E-state index is 13.4. The lowest BCUT2D eigenvalue weighted by molar-refractivity contribution is 0.0635. The van der Waals surface area contributed by atoms with Crippen LogP contribution in [-0.2, 0) is 0 Å². The Kier molecular flexibility index (Phi) is 5.75. The van der Waals surface area contributed by atoms with Crippen molar-refractivity contribution in [2.45, 2.75) is 33.0 Å². The summed E-state index contributed by atoms with van der Waals surface area (Å²) in [6.07, 6.45) is 1.51. The van der Waals surface area contributed by atoms with Crippen molar-refractivity contribution in [2.24, 2.45) is 27.6 Å². The van der Waals surface area contributed by atoms with E-state index < -0.39 is 12.7 Å². The molecule has 1 aromatic rings. The van der Waals surface area contributed by atoms with Crippen molar-refractivity contribution in [2.75, 3.05) is 13.1 Å². The molecule has 1 amide bonds. The van der Waals surface area contributed by atoms with Crippen molar-refractivity contribution in [3.8, 4) is 0 Å². The van der Waals surface area contributed by atoms with E-state index in [1.807, 2.05) is 31.3 Å². The van der Waals surface area contributed by atoms with Crippen LogP contribution in [0.3, 0.4) is 0 Å². The molecule has 0 radical (unpaired) electrons. The predicted molar refractivity (Wildman–Crippen MR) is 117 cm³/mol. The fraction of sp³-hybridized carbons (Fsp3) is 0.409. The Bertz CT molecular complexity index is 1000. The number of aliphatic imine (C=N–C) groups is 2. The van der Waals surface area contributed by atoms with Gasteiger partial charge in [0.05, 0.1) is 12.0 Å². The summed E-state index contributed by atoms with van der Waals surface area (Å²) in [5.74, 6) is 0.0181. The molecule has 0 aliphatic carbocycles. The van der Waals surface area contributed by atoms with E-state index >= 15 is 0 Å². The van der Waals surface area contributed by atoms with Crippen molar-refractivity contribution < 1.29 is 13.6 Å². The summed E-state index contributed by atoms with van der Waals surface area (Å²) in [4.78, 5) is 22.9. The highest BCUT2D eigenvalue weighted by atomic mass is 19.3. The molecule has 3 aliphatic rings. The number of nitrogens with one attached hydrogen (secondary N) is 2. The van der Waals surface area contributed by atoms with Crippen LogP contribution >= 0.6 is 0 Å². The van der Waals surface area contributed by atoms with Crippen LogP contribution in [0.1, 0.15) is 34.8 Å². The molecular formula is C22H26F2N6O. The number of benzene rings is 1. The maximum Gasteiger partial charge on any atom is 0.280 e. The highest BCUT2D eigenvalue weighted by molar-refractivity contribution is 5.99. The van der Waals surface area contributed by atoms with E-state index in [4.69, 9.17) is 5.73 Å². The number of rotatable bonds is 5. The van der Waals surface area contributed by atoms with E-state index in [-0.39, 0.29) is 23.5 Å². The largest absolute Gasteiger partial charge is 0.390 e. The van der Waals surface area contributed by atoms with E-state index in [1.165, 1.54) is 6.08 Å². The van der Waals surface area contributed by atoms with E-state index in [1.54, 1.807) is 4.90 Å². The van der Waals surface area contributed by atoms with Crippen LogP contribution in [-0.4, -0.2) is 48.7 Å². The van der Waals surface area contributed by atoms with E-state index in [0.717, 1.165) is 29.6 Å². The number of amides is 1. The van der Waals surface area contributed by atoms with Crippen molar-refractivity contribution in [3.63, 3.8) is 0 Å². The van der Waals surface area contributed by atoms with Gasteiger partial charge in [0.15, 0.2) is 0 Å². The Balaban J connectivity index is 1.56. The van der Waals surface area contributed by atoms with Gasteiger partial charge in [0.1, 0.15) is 5.71 Å². The second-order valence-corrected chi connectivity index (χ2v) is 8.18. The quantitative estimate of drug-likeness (QED) is 0.495. The number of hydrogen-bond donors (Lipinski definition) is 3. The van der Waals surface area contributed by atoms with Gasteiger partial charge in [-0.2, -0.15) is 0 Å². The van der Waals surface area contributed by atoms with Crippen LogP contribution < -0.4 is 16.4 Å². The number of carbonyl (C=O) groups excluding carboxylic acids is 1. The Hall–Kier alpha value is -3.23. The molecule has 9 heteroatoms. The number of halogens is 2. The standard InChI is InChI=1S/C22H26F2N6O/c1-12-5-14(19-9-26-19)7-15(6-12)21(31)30-4-3-13(2)16(10-30)17-8-18(20(23)24)29-22(28-17)27-11-25/h5-9,11,13,16,20,22,26,28H,3-4,10H2,1-2H3,(H2,25,27)/t13-,16-,22?/m1/s1. The van der Waals surface area contributed by atoms with E-state index in [0.29, 0.717) is 24.4 Å². The molecule has 31 heavy (non-hydrogen) atoms. The van der Waals surface area contributed by atoms with E-state index in [2.05, 4.69) is 27.5 Å². The number of piperidine rings is 1. The van der Waals surface area contributed by atoms with Crippen LogP contribution in [0, 0.1) is 18.8 Å². The fourth-order valence-electron chi connectivity index (χ4n) is 4.15. The van der Waals surface area contributed by atoms with Gasteiger partial charge in [0.2, 0.25) is 6.29 Å². The molecule has 1 fully saturated rings. The minimum Gasteiger partial charge on any atom is -0.390 e. The summed E-state index contributed by atoms with van der Waals surface area (Å²) >= 11 is 0. The van der Waals surface area contributed by atoms with Gasteiger partial charge in [0, 0.05) is 42.0 Å². The third-order valence-electron chi connectivity index (χ3n) is 5.89. The summed E-state index contributed by atoms with van der Waals surface area (Å²) in [6, 6.07) is 5.80. The maximum absolute atomic E-state index is 13.4. The normalized spacial score (nSPS) is 25.5. The Labute approximate surface area is 179 Å². The smallest absolute Gasteiger partial charge is 0.280 e. The van der Waals surface area contributed by atoms with Crippen LogP contribution in [0.4, 0.5) is 8.78 Å². The average Bonchev–Trinajstić information content (AvgIpc) is 3.58. The lowest BCUT2D eigenvalue weighted by Gasteiger charge is -2.39. The van der Waals surface area contributed by atoms with Crippen LogP contribution in [0.15, 0.2) is 46.2 Å². The number of likely N-dealkylation sites (tertiary alicyclic amines) is 1. The van der Waals surface area contributed by atoms with Crippen molar-refractivity contribution in [1.29, 1.82) is 0 Å². The summed E-state index contributed by atoms with van der Waals surface area (Å²) in [5, 5.41) is 6.15. The van der Waals surface area contributed by atoms with Gasteiger partial charge >= 0.3 is 0 Å². The second kappa shape index (κ2) is 8.49. The second-order valence-electron chi connectivity index (χ2n) is 8.18. The number of nitrogens with two attached hydrogens (primary N) is 1. The number of carbonyl (C=O) groups is 1. The number of hydrogen-bond acceptors (Lipinski definition) is 5. The third-order valence-corrected chi connectivity index (χ3v) is 5.89. The van der Waals surface area contributed by atoms with Gasteiger partial charge in [-0.1, -0.05) is 6.92 Å². The Morgan fingerprint density at radius 1 is 1.39 bits per heavy atom.